The summed E-state index contributed by atoms with van der Waals surface area (Å²) in [4.78, 5) is 26.0. The minimum Gasteiger partial charge on any atom is -0.493 e. The lowest BCUT2D eigenvalue weighted by molar-refractivity contribution is -0.198. The Morgan fingerprint density at radius 2 is 1.59 bits per heavy atom. The van der Waals surface area contributed by atoms with Crippen LogP contribution in [-0.2, 0) is 30.2 Å². The van der Waals surface area contributed by atoms with Crippen molar-refractivity contribution in [3.8, 4) is 11.5 Å². The highest BCUT2D eigenvalue weighted by molar-refractivity contribution is 6.01. The van der Waals surface area contributed by atoms with Crippen molar-refractivity contribution in [1.82, 2.24) is 0 Å². The van der Waals surface area contributed by atoms with Gasteiger partial charge in [-0.1, -0.05) is 36.4 Å². The van der Waals surface area contributed by atoms with Crippen molar-refractivity contribution in [2.45, 2.75) is 37.9 Å². The lowest BCUT2D eigenvalue weighted by Gasteiger charge is -2.42. The zero-order valence-electron chi connectivity index (χ0n) is 19.0. The Morgan fingerprint density at radius 3 is 2.19 bits per heavy atom. The summed E-state index contributed by atoms with van der Waals surface area (Å²) in [6, 6.07) is 15.4. The fraction of sp³-hybridized carbons (Fsp3) is 0.440. The Balaban J connectivity index is 1.97. The summed E-state index contributed by atoms with van der Waals surface area (Å²) in [5.41, 5.74) is 0.214. The molecule has 1 fully saturated rings. The fourth-order valence-electron chi connectivity index (χ4n) is 4.33. The predicted octanol–water partition coefficient (Wildman–Crippen LogP) is 3.89. The van der Waals surface area contributed by atoms with Crippen molar-refractivity contribution < 1.29 is 33.3 Å². The molecule has 0 aliphatic carbocycles. The van der Waals surface area contributed by atoms with Gasteiger partial charge < -0.3 is 23.7 Å². The lowest BCUT2D eigenvalue weighted by atomic mass is 9.72. The first-order valence-electron chi connectivity index (χ1n) is 10.6. The molecule has 7 nitrogen and oxygen atoms in total. The molecule has 2 atom stereocenters. The van der Waals surface area contributed by atoms with E-state index in [9.17, 15) is 9.59 Å². The van der Waals surface area contributed by atoms with Crippen molar-refractivity contribution >= 4 is 11.9 Å². The van der Waals surface area contributed by atoms with E-state index in [2.05, 4.69) is 12.1 Å². The quantitative estimate of drug-likeness (QED) is 0.453. The first-order valence-corrected chi connectivity index (χ1v) is 10.6. The average molecular weight is 443 g/mol. The third-order valence-electron chi connectivity index (χ3n) is 6.04. The Hall–Kier alpha value is -3.06. The van der Waals surface area contributed by atoms with E-state index in [0.717, 1.165) is 12.8 Å². The monoisotopic (exact) mass is 442 g/mol. The summed E-state index contributed by atoms with van der Waals surface area (Å²) < 4.78 is 27.3. The minimum atomic E-state index is -1.60. The summed E-state index contributed by atoms with van der Waals surface area (Å²) in [5, 5.41) is 0. The molecule has 1 aliphatic rings. The molecule has 0 amide bonds. The third-order valence-corrected chi connectivity index (χ3v) is 6.04. The van der Waals surface area contributed by atoms with Crippen LogP contribution in [-0.4, -0.2) is 46.5 Å². The second kappa shape index (κ2) is 10.5. The molecule has 2 aromatic rings. The van der Waals surface area contributed by atoms with Crippen LogP contribution in [0.25, 0.3) is 0 Å². The molecule has 1 heterocycles. The van der Waals surface area contributed by atoms with Crippen molar-refractivity contribution in [1.29, 1.82) is 0 Å². The standard InChI is InChI=1S/C25H30O7/c1-28-20-13-11-18(16-21(20)29-2)22-25(23(26)30-3,24(27)31-4)15-14-19(32-22)12-10-17-8-6-5-7-9-17/h5-9,11,13,16,19,22H,10,12,14-15H2,1-4H3/t19-,22+/m1/s1. The van der Waals surface area contributed by atoms with Crippen LogP contribution < -0.4 is 9.47 Å². The second-order valence-corrected chi connectivity index (χ2v) is 7.77. The minimum absolute atomic E-state index is 0.143. The molecule has 3 rings (SSSR count). The molecular formula is C25H30O7. The van der Waals surface area contributed by atoms with Gasteiger partial charge in [0.1, 0.15) is 6.10 Å². The third kappa shape index (κ3) is 4.58. The molecule has 1 saturated heterocycles. The summed E-state index contributed by atoms with van der Waals surface area (Å²) >= 11 is 0. The van der Waals surface area contributed by atoms with Crippen LogP contribution in [0.5, 0.6) is 11.5 Å². The predicted molar refractivity (Wildman–Crippen MR) is 118 cm³/mol. The first-order chi connectivity index (χ1) is 15.5. The number of rotatable bonds is 8. The van der Waals surface area contributed by atoms with Gasteiger partial charge in [-0.2, -0.15) is 0 Å². The van der Waals surface area contributed by atoms with Gasteiger partial charge >= 0.3 is 11.9 Å². The Kier molecular flexibility index (Phi) is 7.75. The van der Waals surface area contributed by atoms with Gasteiger partial charge in [0.15, 0.2) is 16.9 Å². The summed E-state index contributed by atoms with van der Waals surface area (Å²) in [6.07, 6.45) is 1.33. The normalized spacial score (nSPS) is 19.6. The Labute approximate surface area is 188 Å². The molecule has 0 bridgehead atoms. The SMILES string of the molecule is COC(=O)C1(C(=O)OC)CC[C@@H](CCc2ccccc2)O[C@H]1c1ccc(OC)c(OC)c1. The van der Waals surface area contributed by atoms with E-state index in [4.69, 9.17) is 23.7 Å². The van der Waals surface area contributed by atoms with E-state index >= 15 is 0 Å². The summed E-state index contributed by atoms with van der Waals surface area (Å²) in [7, 11) is 5.60. The highest BCUT2D eigenvalue weighted by Crippen LogP contribution is 2.49. The van der Waals surface area contributed by atoms with Crippen LogP contribution in [0.3, 0.4) is 0 Å². The van der Waals surface area contributed by atoms with Crippen molar-refractivity contribution in [2.24, 2.45) is 5.41 Å². The molecule has 0 saturated carbocycles. The molecule has 0 aromatic heterocycles. The number of esters is 2. The van der Waals surface area contributed by atoms with Crippen molar-refractivity contribution in [3.63, 3.8) is 0 Å². The van der Waals surface area contributed by atoms with E-state index in [1.54, 1.807) is 25.3 Å². The van der Waals surface area contributed by atoms with Crippen LogP contribution in [0, 0.1) is 5.41 Å². The van der Waals surface area contributed by atoms with Gasteiger partial charge in [0.05, 0.1) is 34.5 Å². The summed E-state index contributed by atoms with van der Waals surface area (Å²) in [5.74, 6) is -0.339. The number of methoxy groups -OCH3 is 4. The van der Waals surface area contributed by atoms with Crippen LogP contribution >= 0.6 is 0 Å². The summed E-state index contributed by atoms with van der Waals surface area (Å²) in [6.45, 7) is 0. The van der Waals surface area contributed by atoms with Crippen LogP contribution in [0.2, 0.25) is 0 Å². The second-order valence-electron chi connectivity index (χ2n) is 7.77. The number of hydrogen-bond donors (Lipinski definition) is 0. The molecule has 0 radical (unpaired) electrons. The van der Waals surface area contributed by atoms with E-state index < -0.39 is 23.5 Å². The smallest absolute Gasteiger partial charge is 0.326 e. The molecule has 2 aromatic carbocycles. The van der Waals surface area contributed by atoms with E-state index in [1.807, 2.05) is 18.2 Å². The maximum absolute atomic E-state index is 13.0. The maximum atomic E-state index is 13.0. The highest BCUT2D eigenvalue weighted by Gasteiger charge is 2.58. The molecule has 1 aliphatic heterocycles. The largest absolute Gasteiger partial charge is 0.493 e. The van der Waals surface area contributed by atoms with Gasteiger partial charge in [0.2, 0.25) is 0 Å². The van der Waals surface area contributed by atoms with Gasteiger partial charge in [-0.3, -0.25) is 9.59 Å². The van der Waals surface area contributed by atoms with Gasteiger partial charge in [0.25, 0.3) is 0 Å². The van der Waals surface area contributed by atoms with Gasteiger partial charge in [-0.05, 0) is 48.9 Å². The number of benzene rings is 2. The number of ether oxygens (including phenoxy) is 5. The van der Waals surface area contributed by atoms with Crippen molar-refractivity contribution in [2.75, 3.05) is 28.4 Å². The first kappa shape index (κ1) is 23.6. The molecule has 0 unspecified atom stereocenters. The molecule has 32 heavy (non-hydrogen) atoms. The van der Waals surface area contributed by atoms with Gasteiger partial charge in [0, 0.05) is 0 Å². The fourth-order valence-corrected chi connectivity index (χ4v) is 4.33. The Bertz CT molecular complexity index is 909. The zero-order chi connectivity index (χ0) is 23.1. The van der Waals surface area contributed by atoms with Gasteiger partial charge in [-0.15, -0.1) is 0 Å². The van der Waals surface area contributed by atoms with Crippen LogP contribution in [0.15, 0.2) is 48.5 Å². The Morgan fingerprint density at radius 1 is 0.938 bits per heavy atom. The highest BCUT2D eigenvalue weighted by atomic mass is 16.6. The van der Waals surface area contributed by atoms with E-state index in [0.29, 0.717) is 23.5 Å². The average Bonchev–Trinajstić information content (AvgIpc) is 2.86. The zero-order valence-corrected chi connectivity index (χ0v) is 19.0. The van der Waals surface area contributed by atoms with Crippen molar-refractivity contribution in [3.05, 3.63) is 59.7 Å². The maximum Gasteiger partial charge on any atom is 0.326 e. The lowest BCUT2D eigenvalue weighted by Crippen LogP contribution is -2.51. The number of aryl methyl sites for hydroxylation is 1. The van der Waals surface area contributed by atoms with E-state index in [-0.39, 0.29) is 12.5 Å². The van der Waals surface area contributed by atoms with Crippen LogP contribution in [0.1, 0.15) is 36.5 Å². The molecule has 172 valence electrons. The molecule has 0 spiro atoms. The number of carbonyl (C=O) groups is 2. The molecular weight excluding hydrogens is 412 g/mol. The van der Waals surface area contributed by atoms with E-state index in [1.165, 1.54) is 26.9 Å². The number of carbonyl (C=O) groups excluding carboxylic acids is 2. The molecule has 7 heteroatoms. The number of hydrogen-bond acceptors (Lipinski definition) is 7. The topological polar surface area (TPSA) is 80.3 Å². The molecule has 0 N–H and O–H groups in total. The van der Waals surface area contributed by atoms with Gasteiger partial charge in [-0.25, -0.2) is 0 Å². The van der Waals surface area contributed by atoms with Crippen LogP contribution in [0.4, 0.5) is 0 Å².